The quantitative estimate of drug-likeness (QED) is 0.924. The monoisotopic (exact) mass is 314 g/mol. The van der Waals surface area contributed by atoms with Crippen LogP contribution in [0.5, 0.6) is 0 Å². The number of carbonyl (C=O) groups excluding carboxylic acids is 2. The van der Waals surface area contributed by atoms with Crippen LogP contribution in [0.3, 0.4) is 0 Å². The van der Waals surface area contributed by atoms with Crippen LogP contribution in [0.25, 0.3) is 0 Å². The molecule has 0 aliphatic carbocycles. The first kappa shape index (κ1) is 16.3. The molecule has 1 aromatic rings. The van der Waals surface area contributed by atoms with Crippen LogP contribution in [0.4, 0.5) is 13.2 Å². The highest BCUT2D eigenvalue weighted by Crippen LogP contribution is 2.32. The third kappa shape index (κ3) is 3.78. The van der Waals surface area contributed by atoms with Crippen molar-refractivity contribution < 1.29 is 22.8 Å². The van der Waals surface area contributed by atoms with E-state index in [0.29, 0.717) is 13.1 Å². The lowest BCUT2D eigenvalue weighted by Gasteiger charge is -2.16. The van der Waals surface area contributed by atoms with Gasteiger partial charge in [0.2, 0.25) is 11.8 Å². The molecule has 1 aromatic carbocycles. The van der Waals surface area contributed by atoms with Gasteiger partial charge in [-0.3, -0.25) is 9.59 Å². The molecule has 1 heterocycles. The number of nitrogens with one attached hydrogen (secondary N) is 1. The smallest absolute Gasteiger partial charge is 0.351 e. The Morgan fingerprint density at radius 2 is 2.05 bits per heavy atom. The van der Waals surface area contributed by atoms with Crippen LogP contribution >= 0.6 is 0 Å². The molecule has 1 N–H and O–H groups in total. The van der Waals surface area contributed by atoms with Crippen LogP contribution < -0.4 is 5.32 Å². The van der Waals surface area contributed by atoms with Crippen molar-refractivity contribution in [3.05, 3.63) is 35.4 Å². The van der Waals surface area contributed by atoms with Gasteiger partial charge in [-0.15, -0.1) is 0 Å². The van der Waals surface area contributed by atoms with Crippen molar-refractivity contribution in [3.63, 3.8) is 0 Å². The maximum Gasteiger partial charge on any atom is 0.416 e. The van der Waals surface area contributed by atoms with E-state index in [1.54, 1.807) is 4.90 Å². The average Bonchev–Trinajstić information content (AvgIpc) is 2.77. The topological polar surface area (TPSA) is 49.4 Å². The minimum absolute atomic E-state index is 0.0523. The van der Waals surface area contributed by atoms with Crippen LogP contribution in [0.2, 0.25) is 0 Å². The van der Waals surface area contributed by atoms with Gasteiger partial charge in [0, 0.05) is 19.5 Å². The summed E-state index contributed by atoms with van der Waals surface area (Å²) in [6.07, 6.45) is -4.65. The largest absolute Gasteiger partial charge is 0.416 e. The SMILES string of the molecule is CCN1C[C@H](NC(=O)Cc2ccccc2C(F)(F)F)CC1=O. The minimum atomic E-state index is -4.49. The molecular formula is C15H17F3N2O2. The van der Waals surface area contributed by atoms with Gasteiger partial charge in [0.1, 0.15) is 0 Å². The van der Waals surface area contributed by atoms with Crippen molar-refractivity contribution in [3.8, 4) is 0 Å². The summed E-state index contributed by atoms with van der Waals surface area (Å²) < 4.78 is 38.6. The summed E-state index contributed by atoms with van der Waals surface area (Å²) in [5.74, 6) is -0.559. The van der Waals surface area contributed by atoms with E-state index in [4.69, 9.17) is 0 Å². The molecule has 0 unspecified atom stereocenters. The zero-order valence-electron chi connectivity index (χ0n) is 12.1. The van der Waals surface area contributed by atoms with Crippen LogP contribution in [-0.2, 0) is 22.2 Å². The molecule has 7 heteroatoms. The summed E-state index contributed by atoms with van der Waals surface area (Å²) in [5, 5.41) is 2.63. The first-order valence-corrected chi connectivity index (χ1v) is 7.03. The van der Waals surface area contributed by atoms with Gasteiger partial charge < -0.3 is 10.2 Å². The number of carbonyl (C=O) groups is 2. The van der Waals surface area contributed by atoms with Gasteiger partial charge in [0.25, 0.3) is 0 Å². The van der Waals surface area contributed by atoms with Gasteiger partial charge >= 0.3 is 6.18 Å². The third-order valence-corrected chi connectivity index (χ3v) is 3.64. The van der Waals surface area contributed by atoms with Crippen molar-refractivity contribution in [1.29, 1.82) is 0 Å². The molecule has 0 saturated carbocycles. The number of amides is 2. The Labute approximate surface area is 126 Å². The first-order chi connectivity index (χ1) is 10.3. The molecule has 1 atom stereocenters. The van der Waals surface area contributed by atoms with Crippen molar-refractivity contribution in [1.82, 2.24) is 10.2 Å². The fourth-order valence-electron chi connectivity index (χ4n) is 2.58. The highest BCUT2D eigenvalue weighted by molar-refractivity contribution is 5.83. The van der Waals surface area contributed by atoms with Crippen LogP contribution in [0.1, 0.15) is 24.5 Å². The summed E-state index contributed by atoms with van der Waals surface area (Å²) in [7, 11) is 0. The maximum atomic E-state index is 12.9. The van der Waals surface area contributed by atoms with Gasteiger partial charge in [-0.2, -0.15) is 13.2 Å². The van der Waals surface area contributed by atoms with Gasteiger partial charge in [-0.05, 0) is 18.6 Å². The molecule has 1 aliphatic heterocycles. The number of hydrogen-bond donors (Lipinski definition) is 1. The number of likely N-dealkylation sites (tertiary alicyclic amines) is 1. The van der Waals surface area contributed by atoms with Gasteiger partial charge in [-0.25, -0.2) is 0 Å². The summed E-state index contributed by atoms with van der Waals surface area (Å²) in [6.45, 7) is 2.80. The van der Waals surface area contributed by atoms with Crippen molar-refractivity contribution in [2.75, 3.05) is 13.1 Å². The van der Waals surface area contributed by atoms with E-state index in [1.807, 2.05) is 6.92 Å². The third-order valence-electron chi connectivity index (χ3n) is 3.64. The highest BCUT2D eigenvalue weighted by Gasteiger charge is 2.34. The number of alkyl halides is 3. The van der Waals surface area contributed by atoms with Crippen molar-refractivity contribution >= 4 is 11.8 Å². The molecule has 0 spiro atoms. The Kier molecular flexibility index (Phi) is 4.73. The summed E-state index contributed by atoms with van der Waals surface area (Å²) in [4.78, 5) is 25.1. The van der Waals surface area contributed by atoms with Crippen molar-refractivity contribution in [2.45, 2.75) is 32.0 Å². The standard InChI is InChI=1S/C15H17F3N2O2/c1-2-20-9-11(8-14(20)22)19-13(21)7-10-5-3-4-6-12(10)15(16,17)18/h3-6,11H,2,7-9H2,1H3,(H,19,21)/t11-/m1/s1. The van der Waals surface area contributed by atoms with Gasteiger partial charge in [0.05, 0.1) is 18.0 Å². The van der Waals surface area contributed by atoms with E-state index in [2.05, 4.69) is 5.32 Å². The first-order valence-electron chi connectivity index (χ1n) is 7.03. The second-order valence-corrected chi connectivity index (χ2v) is 5.23. The number of halogens is 3. The summed E-state index contributed by atoms with van der Waals surface area (Å²) in [6, 6.07) is 4.67. The molecule has 22 heavy (non-hydrogen) atoms. The molecular weight excluding hydrogens is 297 g/mol. The fourth-order valence-corrected chi connectivity index (χ4v) is 2.58. The zero-order chi connectivity index (χ0) is 16.3. The fraction of sp³-hybridized carbons (Fsp3) is 0.467. The van der Waals surface area contributed by atoms with Gasteiger partial charge in [0.15, 0.2) is 0 Å². The average molecular weight is 314 g/mol. The van der Waals surface area contributed by atoms with E-state index in [0.717, 1.165) is 6.07 Å². The van der Waals surface area contributed by atoms with Crippen LogP contribution in [-0.4, -0.2) is 35.8 Å². The predicted molar refractivity (Wildman–Crippen MR) is 73.9 cm³/mol. The maximum absolute atomic E-state index is 12.9. The lowest BCUT2D eigenvalue weighted by Crippen LogP contribution is -2.38. The number of benzene rings is 1. The van der Waals surface area contributed by atoms with E-state index >= 15 is 0 Å². The Morgan fingerprint density at radius 3 is 2.64 bits per heavy atom. The molecule has 120 valence electrons. The second-order valence-electron chi connectivity index (χ2n) is 5.23. The molecule has 0 radical (unpaired) electrons. The molecule has 1 aliphatic rings. The van der Waals surface area contributed by atoms with E-state index < -0.39 is 17.6 Å². The molecule has 2 rings (SSSR count). The Morgan fingerprint density at radius 1 is 1.36 bits per heavy atom. The predicted octanol–water partition coefficient (Wildman–Crippen LogP) is 1.98. The van der Waals surface area contributed by atoms with Gasteiger partial charge in [-0.1, -0.05) is 18.2 Å². The molecule has 1 fully saturated rings. The number of nitrogens with zero attached hydrogens (tertiary/aromatic N) is 1. The van der Waals surface area contributed by atoms with E-state index in [1.165, 1.54) is 18.2 Å². The molecule has 4 nitrogen and oxygen atoms in total. The number of hydrogen-bond acceptors (Lipinski definition) is 2. The second kappa shape index (κ2) is 6.37. The normalized spacial score (nSPS) is 18.6. The molecule has 0 aromatic heterocycles. The summed E-state index contributed by atoms with van der Waals surface area (Å²) in [5.41, 5.74) is -0.869. The van der Waals surface area contributed by atoms with E-state index in [9.17, 15) is 22.8 Å². The highest BCUT2D eigenvalue weighted by atomic mass is 19.4. The molecule has 1 saturated heterocycles. The Balaban J connectivity index is 2.00. The Bertz CT molecular complexity index is 572. The minimum Gasteiger partial charge on any atom is -0.351 e. The lowest BCUT2D eigenvalue weighted by molar-refractivity contribution is -0.138. The van der Waals surface area contributed by atoms with E-state index in [-0.39, 0.29) is 30.4 Å². The van der Waals surface area contributed by atoms with Crippen LogP contribution in [0.15, 0.2) is 24.3 Å². The zero-order valence-corrected chi connectivity index (χ0v) is 12.1. The lowest BCUT2D eigenvalue weighted by atomic mass is 10.0. The van der Waals surface area contributed by atoms with Crippen molar-refractivity contribution in [2.24, 2.45) is 0 Å². The Hall–Kier alpha value is -2.05. The molecule has 2 amide bonds. The molecule has 0 bridgehead atoms. The van der Waals surface area contributed by atoms with Crippen LogP contribution in [0, 0.1) is 0 Å². The number of likely N-dealkylation sites (N-methyl/N-ethyl adjacent to an activating group) is 1. The number of rotatable bonds is 4. The summed E-state index contributed by atoms with van der Waals surface area (Å²) >= 11 is 0.